The number of carbonyl (C=O) groups is 2. The predicted octanol–water partition coefficient (Wildman–Crippen LogP) is 0.719. The quantitative estimate of drug-likeness (QED) is 0.475. The maximum Gasteiger partial charge on any atom is 0.329 e. The molecular weight excluding hydrogens is 274 g/mol. The topological polar surface area (TPSA) is 91.2 Å². The second kappa shape index (κ2) is 7.88. The van der Waals surface area contributed by atoms with Crippen LogP contribution in [0, 0.1) is 0 Å². The Balaban J connectivity index is 2.66. The molecule has 0 heterocycles. The number of phenols is 1. The van der Waals surface area contributed by atoms with Gasteiger partial charge in [-0.25, -0.2) is 5.43 Å². The van der Waals surface area contributed by atoms with Crippen molar-refractivity contribution in [1.82, 2.24) is 10.3 Å². The van der Waals surface area contributed by atoms with E-state index in [9.17, 15) is 14.7 Å². The van der Waals surface area contributed by atoms with Crippen molar-refractivity contribution in [3.05, 3.63) is 23.8 Å². The van der Waals surface area contributed by atoms with Crippen LogP contribution in [0.4, 0.5) is 0 Å². The number of nitrogens with zero attached hydrogens (tertiary/aromatic N) is 2. The summed E-state index contributed by atoms with van der Waals surface area (Å²) in [5, 5.41) is 13.2. The molecule has 114 valence electrons. The van der Waals surface area contributed by atoms with Crippen molar-refractivity contribution in [2.45, 2.75) is 13.8 Å². The molecule has 21 heavy (non-hydrogen) atoms. The molecule has 0 aliphatic heterocycles. The molecule has 0 radical (unpaired) electrons. The second-order valence-electron chi connectivity index (χ2n) is 4.11. The third-order valence-corrected chi connectivity index (χ3v) is 2.83. The predicted molar refractivity (Wildman–Crippen MR) is 78.3 cm³/mol. The number of likely N-dealkylation sites (N-methyl/N-ethyl adjacent to an activating group) is 1. The van der Waals surface area contributed by atoms with Crippen LogP contribution < -0.4 is 10.2 Å². The minimum absolute atomic E-state index is 0.00963. The van der Waals surface area contributed by atoms with E-state index in [0.29, 0.717) is 24.4 Å². The number of benzene rings is 1. The Morgan fingerprint density at radius 3 is 2.62 bits per heavy atom. The van der Waals surface area contributed by atoms with Crippen LogP contribution in [0.25, 0.3) is 0 Å². The first-order valence-corrected chi connectivity index (χ1v) is 6.52. The maximum absolute atomic E-state index is 11.7. The lowest BCUT2D eigenvalue weighted by atomic mass is 10.2. The summed E-state index contributed by atoms with van der Waals surface area (Å²) < 4.78 is 4.95. The lowest BCUT2D eigenvalue weighted by Gasteiger charge is -2.16. The highest BCUT2D eigenvalue weighted by molar-refractivity contribution is 6.34. The van der Waals surface area contributed by atoms with Gasteiger partial charge in [0, 0.05) is 13.1 Å². The number of rotatable bonds is 5. The molecule has 1 aromatic carbocycles. The van der Waals surface area contributed by atoms with Crippen molar-refractivity contribution >= 4 is 18.0 Å². The molecule has 0 spiro atoms. The van der Waals surface area contributed by atoms with E-state index < -0.39 is 11.8 Å². The molecule has 1 aromatic rings. The van der Waals surface area contributed by atoms with E-state index in [1.807, 2.05) is 0 Å². The molecular formula is C14H19N3O4. The Hall–Kier alpha value is -2.57. The number of ether oxygens (including phenoxy) is 1. The van der Waals surface area contributed by atoms with Crippen molar-refractivity contribution in [2.75, 3.05) is 20.2 Å². The molecule has 7 heteroatoms. The monoisotopic (exact) mass is 293 g/mol. The number of amides is 2. The SMILES string of the molecule is CCN(CC)C(=O)C(=O)N/N=C\c1ccc(O)c(OC)c1. The summed E-state index contributed by atoms with van der Waals surface area (Å²) in [7, 11) is 1.43. The summed E-state index contributed by atoms with van der Waals surface area (Å²) in [4.78, 5) is 24.7. The van der Waals surface area contributed by atoms with E-state index in [1.54, 1.807) is 26.0 Å². The molecule has 0 aliphatic carbocycles. The summed E-state index contributed by atoms with van der Waals surface area (Å²) in [6.07, 6.45) is 1.36. The van der Waals surface area contributed by atoms with Gasteiger partial charge in [0.25, 0.3) is 0 Å². The van der Waals surface area contributed by atoms with Gasteiger partial charge in [-0.3, -0.25) is 9.59 Å². The zero-order valence-electron chi connectivity index (χ0n) is 12.3. The van der Waals surface area contributed by atoms with Crippen LogP contribution in [-0.4, -0.2) is 48.2 Å². The molecule has 0 bridgehead atoms. The molecule has 0 unspecified atom stereocenters. The molecule has 0 aromatic heterocycles. The fourth-order valence-electron chi connectivity index (χ4n) is 1.64. The largest absolute Gasteiger partial charge is 0.504 e. The normalized spacial score (nSPS) is 10.4. The first-order chi connectivity index (χ1) is 10.0. The minimum Gasteiger partial charge on any atom is -0.504 e. The summed E-state index contributed by atoms with van der Waals surface area (Å²) in [5.74, 6) is -1.11. The number of methoxy groups -OCH3 is 1. The van der Waals surface area contributed by atoms with Crippen LogP contribution in [0.5, 0.6) is 11.5 Å². The van der Waals surface area contributed by atoms with Crippen LogP contribution in [0.3, 0.4) is 0 Å². The van der Waals surface area contributed by atoms with Crippen LogP contribution >= 0.6 is 0 Å². The average molecular weight is 293 g/mol. The van der Waals surface area contributed by atoms with Crippen molar-refractivity contribution in [2.24, 2.45) is 5.10 Å². The number of aromatic hydroxyl groups is 1. The smallest absolute Gasteiger partial charge is 0.329 e. The van der Waals surface area contributed by atoms with Crippen LogP contribution in [0.15, 0.2) is 23.3 Å². The zero-order chi connectivity index (χ0) is 15.8. The standard InChI is InChI=1S/C14H19N3O4/c1-4-17(5-2)14(20)13(19)16-15-9-10-6-7-11(18)12(8-10)21-3/h6-9,18H,4-5H2,1-3H3,(H,16,19)/b15-9-. The van der Waals surface area contributed by atoms with Gasteiger partial charge < -0.3 is 14.7 Å². The number of phenolic OH excluding ortho intramolecular Hbond substituents is 1. The highest BCUT2D eigenvalue weighted by atomic mass is 16.5. The molecule has 2 amide bonds. The van der Waals surface area contributed by atoms with Gasteiger partial charge in [-0.05, 0) is 37.6 Å². The van der Waals surface area contributed by atoms with Crippen molar-refractivity contribution < 1.29 is 19.4 Å². The summed E-state index contributed by atoms with van der Waals surface area (Å²) in [6, 6.07) is 4.60. The van der Waals surface area contributed by atoms with Crippen LogP contribution in [-0.2, 0) is 9.59 Å². The van der Waals surface area contributed by atoms with Crippen LogP contribution in [0.1, 0.15) is 19.4 Å². The summed E-state index contributed by atoms with van der Waals surface area (Å²) in [6.45, 7) is 4.50. The van der Waals surface area contributed by atoms with E-state index in [-0.39, 0.29) is 5.75 Å². The number of hydrogen-bond acceptors (Lipinski definition) is 5. The molecule has 0 aliphatic rings. The molecule has 1 rings (SSSR count). The summed E-state index contributed by atoms with van der Waals surface area (Å²) >= 11 is 0. The third kappa shape index (κ3) is 4.48. The van der Waals surface area contributed by atoms with Crippen LogP contribution in [0.2, 0.25) is 0 Å². The Morgan fingerprint density at radius 2 is 2.05 bits per heavy atom. The van der Waals surface area contributed by atoms with Gasteiger partial charge in [0.2, 0.25) is 0 Å². The number of hydrazone groups is 1. The Kier molecular flexibility index (Phi) is 6.19. The van der Waals surface area contributed by atoms with E-state index in [1.165, 1.54) is 24.3 Å². The Bertz CT molecular complexity index is 539. The van der Waals surface area contributed by atoms with E-state index >= 15 is 0 Å². The first-order valence-electron chi connectivity index (χ1n) is 6.52. The third-order valence-electron chi connectivity index (χ3n) is 2.83. The molecule has 7 nitrogen and oxygen atoms in total. The second-order valence-corrected chi connectivity index (χ2v) is 4.11. The Labute approximate surface area is 123 Å². The molecule has 0 saturated heterocycles. The maximum atomic E-state index is 11.7. The molecule has 0 saturated carbocycles. The lowest BCUT2D eigenvalue weighted by molar-refractivity contribution is -0.145. The highest BCUT2D eigenvalue weighted by Crippen LogP contribution is 2.25. The van der Waals surface area contributed by atoms with Gasteiger partial charge in [-0.2, -0.15) is 5.10 Å². The number of nitrogens with one attached hydrogen (secondary N) is 1. The van der Waals surface area contributed by atoms with Gasteiger partial charge >= 0.3 is 11.8 Å². The minimum atomic E-state index is -0.791. The van der Waals surface area contributed by atoms with E-state index in [4.69, 9.17) is 4.74 Å². The van der Waals surface area contributed by atoms with Crippen molar-refractivity contribution in [3.8, 4) is 11.5 Å². The number of carbonyl (C=O) groups excluding carboxylic acids is 2. The fourth-order valence-corrected chi connectivity index (χ4v) is 1.64. The lowest BCUT2D eigenvalue weighted by Crippen LogP contribution is -2.41. The Morgan fingerprint density at radius 1 is 1.38 bits per heavy atom. The van der Waals surface area contributed by atoms with Gasteiger partial charge in [0.15, 0.2) is 11.5 Å². The first kappa shape index (κ1) is 16.5. The molecule has 0 atom stereocenters. The molecule has 2 N–H and O–H groups in total. The highest BCUT2D eigenvalue weighted by Gasteiger charge is 2.18. The van der Waals surface area contributed by atoms with Crippen molar-refractivity contribution in [3.63, 3.8) is 0 Å². The van der Waals surface area contributed by atoms with Gasteiger partial charge in [0.05, 0.1) is 13.3 Å². The zero-order valence-corrected chi connectivity index (χ0v) is 12.3. The van der Waals surface area contributed by atoms with Gasteiger partial charge in [-0.15, -0.1) is 0 Å². The number of hydrogen-bond donors (Lipinski definition) is 2. The van der Waals surface area contributed by atoms with Gasteiger partial charge in [-0.1, -0.05) is 0 Å². The van der Waals surface area contributed by atoms with Gasteiger partial charge in [0.1, 0.15) is 0 Å². The van der Waals surface area contributed by atoms with E-state index in [2.05, 4.69) is 10.5 Å². The molecule has 0 fully saturated rings. The van der Waals surface area contributed by atoms with Crippen molar-refractivity contribution in [1.29, 1.82) is 0 Å². The fraction of sp³-hybridized carbons (Fsp3) is 0.357. The summed E-state index contributed by atoms with van der Waals surface area (Å²) in [5.41, 5.74) is 2.78. The average Bonchev–Trinajstić information content (AvgIpc) is 2.49. The van der Waals surface area contributed by atoms with E-state index in [0.717, 1.165) is 0 Å².